The van der Waals surface area contributed by atoms with E-state index in [0.29, 0.717) is 11.7 Å². The fourth-order valence-electron chi connectivity index (χ4n) is 0.332. The Morgan fingerprint density at radius 2 is 2.50 bits per heavy atom. The lowest BCUT2D eigenvalue weighted by Gasteiger charge is -2.02. The minimum absolute atomic E-state index is 0.0671. The lowest BCUT2D eigenvalue weighted by atomic mass is 10.7. The molecule has 0 heterocycles. The summed E-state index contributed by atoms with van der Waals surface area (Å²) < 4.78 is 0. The quantitative estimate of drug-likeness (QED) is 0.295. The van der Waals surface area contributed by atoms with Crippen LogP contribution in [0.4, 0.5) is 0 Å². The van der Waals surface area contributed by atoms with Crippen molar-refractivity contribution in [1.82, 2.24) is 10.7 Å². The van der Waals surface area contributed by atoms with Crippen molar-refractivity contribution in [2.75, 3.05) is 13.2 Å². The first kappa shape index (κ1) is 9.32. The Kier molecular flexibility index (Phi) is 6.00. The van der Waals surface area contributed by atoms with Crippen molar-refractivity contribution in [3.05, 3.63) is 0 Å². The third kappa shape index (κ3) is 5.46. The van der Waals surface area contributed by atoms with Crippen LogP contribution in [0.2, 0.25) is 0 Å². The molecule has 58 valence electrons. The van der Waals surface area contributed by atoms with Crippen LogP contribution in [-0.4, -0.2) is 29.6 Å². The maximum atomic E-state index is 8.35. The van der Waals surface area contributed by atoms with Gasteiger partial charge >= 0.3 is 0 Å². The molecule has 3 N–H and O–H groups in total. The van der Waals surface area contributed by atoms with Gasteiger partial charge in [-0.15, -0.1) is 0 Å². The normalized spacial score (nSPS) is 9.80. The van der Waals surface area contributed by atoms with Crippen molar-refractivity contribution >= 4 is 23.5 Å². The van der Waals surface area contributed by atoms with Crippen LogP contribution in [0.5, 0.6) is 0 Å². The number of nitrogens with one attached hydrogen (secondary N) is 2. The number of hydrazone groups is 1. The molecule has 0 aromatic rings. The maximum absolute atomic E-state index is 8.35. The van der Waals surface area contributed by atoms with Gasteiger partial charge in [0, 0.05) is 12.8 Å². The molecule has 0 fully saturated rings. The molecule has 5 heteroatoms. The van der Waals surface area contributed by atoms with Gasteiger partial charge in [-0.3, -0.25) is 5.43 Å². The largest absolute Gasteiger partial charge is 0.395 e. The van der Waals surface area contributed by atoms with Crippen LogP contribution in [0.3, 0.4) is 0 Å². The first-order valence-electron chi connectivity index (χ1n) is 2.93. The number of hydrogen-bond acceptors (Lipinski definition) is 3. The molecule has 0 spiro atoms. The van der Waals surface area contributed by atoms with Gasteiger partial charge in [-0.05, 0) is 19.1 Å². The zero-order valence-corrected chi connectivity index (χ0v) is 6.61. The van der Waals surface area contributed by atoms with Gasteiger partial charge in [-0.2, -0.15) is 5.10 Å². The minimum atomic E-state index is 0.0671. The molecule has 4 nitrogen and oxygen atoms in total. The van der Waals surface area contributed by atoms with E-state index >= 15 is 0 Å². The van der Waals surface area contributed by atoms with Gasteiger partial charge in [-0.1, -0.05) is 0 Å². The Bertz CT molecular complexity index is 126. The Hall–Kier alpha value is -0.680. The predicted octanol–water partition coefficient (Wildman–Crippen LogP) is -0.552. The van der Waals surface area contributed by atoms with E-state index < -0.39 is 0 Å². The number of aliphatic hydroxyl groups is 1. The molecule has 0 saturated heterocycles. The number of nitrogens with zero attached hydrogens (tertiary/aromatic N) is 1. The van der Waals surface area contributed by atoms with Gasteiger partial charge in [0.1, 0.15) is 0 Å². The molecule has 0 aliphatic rings. The van der Waals surface area contributed by atoms with Gasteiger partial charge in [0.15, 0.2) is 5.11 Å². The van der Waals surface area contributed by atoms with Crippen LogP contribution in [0.15, 0.2) is 5.10 Å². The number of aliphatic hydroxyl groups excluding tert-OH is 1. The fraction of sp³-hybridized carbons (Fsp3) is 0.600. The predicted molar refractivity (Wildman–Crippen MR) is 45.0 cm³/mol. The van der Waals surface area contributed by atoms with Crippen LogP contribution in [-0.2, 0) is 0 Å². The molecule has 0 atom stereocenters. The van der Waals surface area contributed by atoms with Crippen molar-refractivity contribution in [3.63, 3.8) is 0 Å². The average molecular weight is 161 g/mol. The highest BCUT2D eigenvalue weighted by molar-refractivity contribution is 7.80. The Morgan fingerprint density at radius 1 is 1.80 bits per heavy atom. The zero-order valence-electron chi connectivity index (χ0n) is 5.79. The summed E-state index contributed by atoms with van der Waals surface area (Å²) in [7, 11) is 0. The van der Waals surface area contributed by atoms with E-state index in [1.54, 1.807) is 13.1 Å². The molecule has 0 aliphatic carbocycles. The van der Waals surface area contributed by atoms with E-state index in [-0.39, 0.29) is 6.61 Å². The summed E-state index contributed by atoms with van der Waals surface area (Å²) in [5.41, 5.74) is 2.55. The smallest absolute Gasteiger partial charge is 0.187 e. The van der Waals surface area contributed by atoms with Crippen molar-refractivity contribution in [3.8, 4) is 0 Å². The van der Waals surface area contributed by atoms with E-state index in [2.05, 4.69) is 15.8 Å². The second-order valence-electron chi connectivity index (χ2n) is 1.48. The molecule has 0 saturated carbocycles. The Morgan fingerprint density at radius 3 is 3.00 bits per heavy atom. The third-order valence-electron chi connectivity index (χ3n) is 0.693. The van der Waals surface area contributed by atoms with Crippen LogP contribution >= 0.6 is 12.2 Å². The summed E-state index contributed by atoms with van der Waals surface area (Å²) in [4.78, 5) is 0. The van der Waals surface area contributed by atoms with E-state index in [9.17, 15) is 0 Å². The molecular weight excluding hydrogens is 150 g/mol. The lowest BCUT2D eigenvalue weighted by Crippen LogP contribution is -2.33. The van der Waals surface area contributed by atoms with E-state index in [1.807, 2.05) is 0 Å². The standard InChI is InChI=1S/C5H11N3OS/c1-2-7-8-5(10)6-3-4-9/h2,9H,3-4H2,1H3,(H2,6,8,10). The highest BCUT2D eigenvalue weighted by Crippen LogP contribution is 1.65. The summed E-state index contributed by atoms with van der Waals surface area (Å²) in [5, 5.41) is 15.2. The van der Waals surface area contributed by atoms with Crippen molar-refractivity contribution < 1.29 is 5.11 Å². The Labute approximate surface area is 65.3 Å². The van der Waals surface area contributed by atoms with Gasteiger partial charge in [0.05, 0.1) is 6.61 Å². The topological polar surface area (TPSA) is 56.7 Å². The third-order valence-corrected chi connectivity index (χ3v) is 0.928. The number of hydrogen-bond donors (Lipinski definition) is 3. The number of rotatable bonds is 3. The first-order valence-corrected chi connectivity index (χ1v) is 3.34. The van der Waals surface area contributed by atoms with E-state index in [4.69, 9.17) is 17.3 Å². The monoisotopic (exact) mass is 161 g/mol. The second-order valence-corrected chi connectivity index (χ2v) is 1.89. The fourth-order valence-corrected chi connectivity index (χ4v) is 0.487. The molecule has 0 aromatic carbocycles. The van der Waals surface area contributed by atoms with Crippen LogP contribution < -0.4 is 10.7 Å². The van der Waals surface area contributed by atoms with Crippen molar-refractivity contribution in [2.45, 2.75) is 6.92 Å². The average Bonchev–Trinajstić information content (AvgIpc) is 1.97. The molecule has 10 heavy (non-hydrogen) atoms. The van der Waals surface area contributed by atoms with Gasteiger partial charge in [0.25, 0.3) is 0 Å². The molecule has 0 aromatic heterocycles. The number of thiocarbonyl (C=S) groups is 1. The summed E-state index contributed by atoms with van der Waals surface area (Å²) in [6.45, 7) is 2.30. The summed E-state index contributed by atoms with van der Waals surface area (Å²) in [5.74, 6) is 0. The molecule has 0 rings (SSSR count). The summed E-state index contributed by atoms with van der Waals surface area (Å²) in [6, 6.07) is 0. The minimum Gasteiger partial charge on any atom is -0.395 e. The van der Waals surface area contributed by atoms with Gasteiger partial charge < -0.3 is 10.4 Å². The summed E-state index contributed by atoms with van der Waals surface area (Å²) >= 11 is 4.74. The second kappa shape index (κ2) is 6.44. The maximum Gasteiger partial charge on any atom is 0.187 e. The molecule has 0 bridgehead atoms. The van der Waals surface area contributed by atoms with Crippen LogP contribution in [0, 0.1) is 0 Å². The SMILES string of the molecule is CC=NNC(=S)NCCO. The molecule has 0 aliphatic heterocycles. The lowest BCUT2D eigenvalue weighted by molar-refractivity contribution is 0.300. The Balaban J connectivity index is 3.25. The van der Waals surface area contributed by atoms with Crippen molar-refractivity contribution in [2.24, 2.45) is 5.10 Å². The molecule has 0 radical (unpaired) electrons. The summed E-state index contributed by atoms with van der Waals surface area (Å²) in [6.07, 6.45) is 1.59. The highest BCUT2D eigenvalue weighted by Gasteiger charge is 1.87. The van der Waals surface area contributed by atoms with E-state index in [0.717, 1.165) is 0 Å². The first-order chi connectivity index (χ1) is 4.81. The van der Waals surface area contributed by atoms with Gasteiger partial charge in [-0.25, -0.2) is 0 Å². The zero-order chi connectivity index (χ0) is 7.82. The molecule has 0 unspecified atom stereocenters. The molecular formula is C5H11N3OS. The van der Waals surface area contributed by atoms with Crippen LogP contribution in [0.1, 0.15) is 6.92 Å². The van der Waals surface area contributed by atoms with E-state index in [1.165, 1.54) is 0 Å². The van der Waals surface area contributed by atoms with Gasteiger partial charge in [0.2, 0.25) is 0 Å². The van der Waals surface area contributed by atoms with Crippen LogP contribution in [0.25, 0.3) is 0 Å². The molecule has 0 amide bonds. The van der Waals surface area contributed by atoms with Crippen molar-refractivity contribution in [1.29, 1.82) is 0 Å². The highest BCUT2D eigenvalue weighted by atomic mass is 32.1.